The van der Waals surface area contributed by atoms with E-state index in [1.165, 1.54) is 0 Å². The Morgan fingerprint density at radius 2 is 1.60 bits per heavy atom. The molecular weight excluding hydrogens is 268 g/mol. The lowest BCUT2D eigenvalue weighted by molar-refractivity contribution is 0.978. The number of nitrogens with zero attached hydrogens (tertiary/aromatic N) is 3. The molecule has 0 saturated heterocycles. The Balaban J connectivity index is 2.10. The Morgan fingerprint density at radius 3 is 2.25 bits per heavy atom. The van der Waals surface area contributed by atoms with E-state index >= 15 is 0 Å². The van der Waals surface area contributed by atoms with E-state index in [0.717, 1.165) is 17.3 Å². The summed E-state index contributed by atoms with van der Waals surface area (Å²) in [5.41, 5.74) is 2.04. The minimum Gasteiger partial charge on any atom is -0.313 e. The van der Waals surface area contributed by atoms with Gasteiger partial charge in [-0.15, -0.1) is 5.10 Å². The van der Waals surface area contributed by atoms with Crippen LogP contribution in [0, 0.1) is 4.77 Å². The molecule has 100 valence electrons. The first kappa shape index (κ1) is 12.6. The number of aromatic amines is 1. The SMILES string of the molecule is CN(c1ccccc1)c1n[nH]c(=S)n1-c1ccccc1. The van der Waals surface area contributed by atoms with Crippen LogP contribution in [0.25, 0.3) is 5.69 Å². The fourth-order valence-electron chi connectivity index (χ4n) is 2.09. The van der Waals surface area contributed by atoms with E-state index in [1.807, 2.05) is 77.2 Å². The molecule has 0 aliphatic heterocycles. The van der Waals surface area contributed by atoms with Crippen LogP contribution in [0.5, 0.6) is 0 Å². The van der Waals surface area contributed by atoms with Gasteiger partial charge in [0, 0.05) is 12.7 Å². The zero-order valence-corrected chi connectivity index (χ0v) is 11.8. The molecular formula is C15H14N4S. The van der Waals surface area contributed by atoms with E-state index in [0.29, 0.717) is 4.77 Å². The Morgan fingerprint density at radius 1 is 1.00 bits per heavy atom. The fraction of sp³-hybridized carbons (Fsp3) is 0.0667. The van der Waals surface area contributed by atoms with Crippen molar-refractivity contribution in [2.75, 3.05) is 11.9 Å². The Bertz CT molecular complexity index is 746. The van der Waals surface area contributed by atoms with Gasteiger partial charge < -0.3 is 4.90 Å². The molecule has 0 bridgehead atoms. The molecule has 2 aromatic carbocycles. The molecule has 0 aliphatic rings. The molecule has 0 radical (unpaired) electrons. The number of nitrogens with one attached hydrogen (secondary N) is 1. The molecule has 0 unspecified atom stereocenters. The lowest BCUT2D eigenvalue weighted by atomic mass is 10.3. The van der Waals surface area contributed by atoms with Gasteiger partial charge in [0.15, 0.2) is 0 Å². The second kappa shape index (κ2) is 5.30. The van der Waals surface area contributed by atoms with Crippen molar-refractivity contribution in [2.45, 2.75) is 0 Å². The van der Waals surface area contributed by atoms with Crippen LogP contribution in [-0.2, 0) is 0 Å². The van der Waals surface area contributed by atoms with Gasteiger partial charge in [0.1, 0.15) is 0 Å². The summed E-state index contributed by atoms with van der Waals surface area (Å²) in [6.45, 7) is 0. The van der Waals surface area contributed by atoms with Gasteiger partial charge in [0.2, 0.25) is 10.7 Å². The van der Waals surface area contributed by atoms with Gasteiger partial charge in [-0.2, -0.15) is 0 Å². The van der Waals surface area contributed by atoms with Gasteiger partial charge in [-0.1, -0.05) is 36.4 Å². The van der Waals surface area contributed by atoms with E-state index in [-0.39, 0.29) is 0 Å². The van der Waals surface area contributed by atoms with Crippen molar-refractivity contribution in [3.05, 3.63) is 65.4 Å². The maximum absolute atomic E-state index is 5.34. The molecule has 0 spiro atoms. The molecule has 4 nitrogen and oxygen atoms in total. The third-order valence-electron chi connectivity index (χ3n) is 3.11. The van der Waals surface area contributed by atoms with Crippen LogP contribution < -0.4 is 4.90 Å². The van der Waals surface area contributed by atoms with E-state index in [2.05, 4.69) is 10.2 Å². The highest BCUT2D eigenvalue weighted by Gasteiger charge is 2.13. The first-order valence-corrected chi connectivity index (χ1v) is 6.70. The van der Waals surface area contributed by atoms with Crippen molar-refractivity contribution in [2.24, 2.45) is 0 Å². The van der Waals surface area contributed by atoms with Gasteiger partial charge in [0.25, 0.3) is 0 Å². The maximum atomic E-state index is 5.34. The van der Waals surface area contributed by atoms with Crippen LogP contribution in [0.15, 0.2) is 60.7 Å². The third kappa shape index (κ3) is 2.23. The largest absolute Gasteiger partial charge is 0.313 e. The zero-order valence-electron chi connectivity index (χ0n) is 11.0. The molecule has 0 saturated carbocycles. The smallest absolute Gasteiger partial charge is 0.234 e. The van der Waals surface area contributed by atoms with Crippen LogP contribution in [0.2, 0.25) is 0 Å². The van der Waals surface area contributed by atoms with Crippen LogP contribution in [0.1, 0.15) is 0 Å². The van der Waals surface area contributed by atoms with Gasteiger partial charge in [-0.3, -0.25) is 4.57 Å². The summed E-state index contributed by atoms with van der Waals surface area (Å²) in [5.74, 6) is 0.757. The molecule has 1 N–H and O–H groups in total. The summed E-state index contributed by atoms with van der Waals surface area (Å²) in [4.78, 5) is 2.00. The number of hydrogen-bond acceptors (Lipinski definition) is 3. The Kier molecular flexibility index (Phi) is 3.35. The van der Waals surface area contributed by atoms with E-state index in [4.69, 9.17) is 12.2 Å². The second-order valence-corrected chi connectivity index (χ2v) is 4.78. The first-order chi connectivity index (χ1) is 9.77. The number of anilines is 2. The average Bonchev–Trinajstić information content (AvgIpc) is 2.90. The third-order valence-corrected chi connectivity index (χ3v) is 3.39. The van der Waals surface area contributed by atoms with E-state index < -0.39 is 0 Å². The molecule has 0 atom stereocenters. The van der Waals surface area contributed by atoms with Gasteiger partial charge in [0.05, 0.1) is 5.69 Å². The van der Waals surface area contributed by atoms with Gasteiger partial charge in [-0.25, -0.2) is 5.10 Å². The van der Waals surface area contributed by atoms with Crippen molar-refractivity contribution in [3.63, 3.8) is 0 Å². The average molecular weight is 282 g/mol. The number of H-pyrrole nitrogens is 1. The Labute approximate surface area is 122 Å². The summed E-state index contributed by atoms with van der Waals surface area (Å²) in [5, 5.41) is 7.20. The lowest BCUT2D eigenvalue weighted by Gasteiger charge is -2.18. The minimum absolute atomic E-state index is 0.578. The normalized spacial score (nSPS) is 10.4. The van der Waals surface area contributed by atoms with Crippen LogP contribution in [0.4, 0.5) is 11.6 Å². The summed E-state index contributed by atoms with van der Waals surface area (Å²) < 4.78 is 2.50. The Hall–Kier alpha value is -2.40. The number of hydrogen-bond donors (Lipinski definition) is 1. The highest BCUT2D eigenvalue weighted by Crippen LogP contribution is 2.24. The molecule has 1 aromatic heterocycles. The molecule has 0 fully saturated rings. The molecule has 0 aliphatic carbocycles. The minimum atomic E-state index is 0.578. The highest BCUT2D eigenvalue weighted by atomic mass is 32.1. The number of para-hydroxylation sites is 2. The molecule has 0 amide bonds. The lowest BCUT2D eigenvalue weighted by Crippen LogP contribution is -2.14. The monoisotopic (exact) mass is 282 g/mol. The molecule has 20 heavy (non-hydrogen) atoms. The van der Waals surface area contributed by atoms with E-state index in [9.17, 15) is 0 Å². The number of rotatable bonds is 3. The molecule has 3 aromatic rings. The summed E-state index contributed by atoms with van der Waals surface area (Å²) in [6.07, 6.45) is 0. The quantitative estimate of drug-likeness (QED) is 0.744. The van der Waals surface area contributed by atoms with Crippen molar-refractivity contribution in [1.29, 1.82) is 0 Å². The fourth-order valence-corrected chi connectivity index (χ4v) is 2.32. The molecule has 3 rings (SSSR count). The van der Waals surface area contributed by atoms with Crippen molar-refractivity contribution in [1.82, 2.24) is 14.8 Å². The van der Waals surface area contributed by atoms with Crippen molar-refractivity contribution in [3.8, 4) is 5.69 Å². The van der Waals surface area contributed by atoms with Crippen LogP contribution >= 0.6 is 12.2 Å². The van der Waals surface area contributed by atoms with Crippen molar-refractivity contribution < 1.29 is 0 Å². The van der Waals surface area contributed by atoms with Crippen LogP contribution in [0.3, 0.4) is 0 Å². The van der Waals surface area contributed by atoms with E-state index in [1.54, 1.807) is 0 Å². The topological polar surface area (TPSA) is 36.9 Å². The standard InChI is InChI=1S/C15H14N4S/c1-18(12-8-4-2-5-9-12)14-16-17-15(20)19(14)13-10-6-3-7-11-13/h2-11H,1H3,(H,17,20). The predicted molar refractivity (Wildman–Crippen MR) is 83.3 cm³/mol. The number of benzene rings is 2. The first-order valence-electron chi connectivity index (χ1n) is 6.29. The van der Waals surface area contributed by atoms with Gasteiger partial charge in [-0.05, 0) is 36.5 Å². The molecule has 5 heteroatoms. The second-order valence-electron chi connectivity index (χ2n) is 4.39. The summed E-state index contributed by atoms with van der Waals surface area (Å²) in [6, 6.07) is 20.0. The zero-order chi connectivity index (χ0) is 13.9. The summed E-state index contributed by atoms with van der Waals surface area (Å²) >= 11 is 5.34. The molecule has 1 heterocycles. The van der Waals surface area contributed by atoms with Gasteiger partial charge >= 0.3 is 0 Å². The number of aromatic nitrogens is 3. The van der Waals surface area contributed by atoms with Crippen LogP contribution in [-0.4, -0.2) is 21.8 Å². The van der Waals surface area contributed by atoms with Crippen molar-refractivity contribution >= 4 is 23.9 Å². The highest BCUT2D eigenvalue weighted by molar-refractivity contribution is 7.71. The predicted octanol–water partition coefficient (Wildman–Crippen LogP) is 3.70. The summed E-state index contributed by atoms with van der Waals surface area (Å²) in [7, 11) is 1.97. The maximum Gasteiger partial charge on any atom is 0.234 e.